The summed E-state index contributed by atoms with van der Waals surface area (Å²) in [6, 6.07) is 3.89. The Morgan fingerprint density at radius 3 is 2.25 bits per heavy atom. The average Bonchev–Trinajstić information content (AvgIpc) is 2.18. The van der Waals surface area contributed by atoms with Crippen LogP contribution in [0.15, 0.2) is 18.2 Å². The number of rotatable bonds is 3. The number of hydrogen-bond acceptors (Lipinski definition) is 1. The number of benzene rings is 1. The zero-order valence-electron chi connectivity index (χ0n) is 9.93. The fraction of sp³-hybridized carbons (Fsp3) is 0.538. The van der Waals surface area contributed by atoms with Crippen LogP contribution in [0.25, 0.3) is 0 Å². The molecule has 0 fully saturated rings. The van der Waals surface area contributed by atoms with Crippen molar-refractivity contribution in [2.75, 3.05) is 6.61 Å². The van der Waals surface area contributed by atoms with Crippen LogP contribution < -0.4 is 0 Å². The second-order valence-electron chi connectivity index (χ2n) is 5.20. The lowest BCUT2D eigenvalue weighted by molar-refractivity contribution is 0.131. The lowest BCUT2D eigenvalue weighted by atomic mass is 9.78. The Hall–Kier alpha value is -0.960. The summed E-state index contributed by atoms with van der Waals surface area (Å²) in [6.07, 6.45) is 0.553. The first-order chi connectivity index (χ1) is 7.34. The van der Waals surface area contributed by atoms with Crippen molar-refractivity contribution in [1.82, 2.24) is 0 Å². The summed E-state index contributed by atoms with van der Waals surface area (Å²) >= 11 is 0. The molecule has 90 valence electrons. The zero-order chi connectivity index (χ0) is 12.3. The molecule has 0 aliphatic carbocycles. The van der Waals surface area contributed by atoms with Crippen molar-refractivity contribution in [2.24, 2.45) is 11.3 Å². The van der Waals surface area contributed by atoms with E-state index in [0.717, 1.165) is 6.07 Å². The van der Waals surface area contributed by atoms with Crippen LogP contribution >= 0.6 is 0 Å². The SMILES string of the molecule is CC(C)(C)C(CO)Cc1ccc(F)c(F)c1. The standard InChI is InChI=1S/C13H18F2O/c1-13(2,3)10(8-16)6-9-4-5-11(14)12(15)7-9/h4-5,7,10,16H,6,8H2,1-3H3. The molecule has 0 bridgehead atoms. The van der Waals surface area contributed by atoms with E-state index in [1.165, 1.54) is 6.07 Å². The van der Waals surface area contributed by atoms with Crippen LogP contribution in [0.2, 0.25) is 0 Å². The highest BCUT2D eigenvalue weighted by Crippen LogP contribution is 2.28. The maximum atomic E-state index is 13.0. The molecule has 16 heavy (non-hydrogen) atoms. The molecule has 1 aromatic carbocycles. The van der Waals surface area contributed by atoms with Crippen molar-refractivity contribution in [3.8, 4) is 0 Å². The van der Waals surface area contributed by atoms with Crippen molar-refractivity contribution in [1.29, 1.82) is 0 Å². The first kappa shape index (κ1) is 13.1. The first-order valence-corrected chi connectivity index (χ1v) is 5.39. The van der Waals surface area contributed by atoms with E-state index < -0.39 is 11.6 Å². The Kier molecular flexibility index (Phi) is 4.03. The van der Waals surface area contributed by atoms with Gasteiger partial charge in [0.15, 0.2) is 11.6 Å². The lowest BCUT2D eigenvalue weighted by Gasteiger charge is -2.29. The highest BCUT2D eigenvalue weighted by Gasteiger charge is 2.24. The Bertz CT molecular complexity index is 355. The van der Waals surface area contributed by atoms with Gasteiger partial charge >= 0.3 is 0 Å². The summed E-state index contributed by atoms with van der Waals surface area (Å²) in [4.78, 5) is 0. The zero-order valence-corrected chi connectivity index (χ0v) is 9.93. The maximum Gasteiger partial charge on any atom is 0.159 e. The van der Waals surface area contributed by atoms with Crippen LogP contribution in [0.1, 0.15) is 26.3 Å². The molecule has 0 radical (unpaired) electrons. The van der Waals surface area contributed by atoms with Gasteiger partial charge in [0, 0.05) is 6.61 Å². The predicted molar refractivity (Wildman–Crippen MR) is 60.1 cm³/mol. The van der Waals surface area contributed by atoms with Gasteiger partial charge in [0.05, 0.1) is 0 Å². The fourth-order valence-electron chi connectivity index (χ4n) is 1.60. The van der Waals surface area contributed by atoms with E-state index in [2.05, 4.69) is 0 Å². The van der Waals surface area contributed by atoms with Gasteiger partial charge < -0.3 is 5.11 Å². The van der Waals surface area contributed by atoms with Gasteiger partial charge in [-0.1, -0.05) is 26.8 Å². The van der Waals surface area contributed by atoms with Crippen molar-refractivity contribution in [2.45, 2.75) is 27.2 Å². The van der Waals surface area contributed by atoms with Crippen molar-refractivity contribution >= 4 is 0 Å². The van der Waals surface area contributed by atoms with Crippen molar-refractivity contribution in [3.05, 3.63) is 35.4 Å². The summed E-state index contributed by atoms with van der Waals surface area (Å²) < 4.78 is 25.7. The van der Waals surface area contributed by atoms with Gasteiger partial charge in [0.25, 0.3) is 0 Å². The van der Waals surface area contributed by atoms with Gasteiger partial charge in [0.2, 0.25) is 0 Å². The molecule has 0 amide bonds. The first-order valence-electron chi connectivity index (χ1n) is 5.39. The normalized spacial score (nSPS) is 13.9. The minimum absolute atomic E-state index is 0.0392. The molecular weight excluding hydrogens is 210 g/mol. The maximum absolute atomic E-state index is 13.0. The van der Waals surface area contributed by atoms with E-state index in [-0.39, 0.29) is 17.9 Å². The summed E-state index contributed by atoms with van der Waals surface area (Å²) in [5.74, 6) is -1.62. The molecule has 0 aliphatic heterocycles. The molecule has 1 unspecified atom stereocenters. The molecule has 1 atom stereocenters. The monoisotopic (exact) mass is 228 g/mol. The van der Waals surface area contributed by atoms with E-state index >= 15 is 0 Å². The van der Waals surface area contributed by atoms with Crippen LogP contribution in [-0.4, -0.2) is 11.7 Å². The quantitative estimate of drug-likeness (QED) is 0.842. The average molecular weight is 228 g/mol. The molecular formula is C13H18F2O. The van der Waals surface area contributed by atoms with Crippen LogP contribution in [-0.2, 0) is 6.42 Å². The predicted octanol–water partition coefficient (Wildman–Crippen LogP) is 3.16. The summed E-state index contributed by atoms with van der Waals surface area (Å²) in [5, 5.41) is 9.28. The minimum Gasteiger partial charge on any atom is -0.396 e. The molecule has 0 aromatic heterocycles. The van der Waals surface area contributed by atoms with E-state index in [1.807, 2.05) is 20.8 Å². The Labute approximate surface area is 95.1 Å². The highest BCUT2D eigenvalue weighted by atomic mass is 19.2. The summed E-state index contributed by atoms with van der Waals surface area (Å²) in [7, 11) is 0. The van der Waals surface area contributed by atoms with Crippen LogP contribution in [0.4, 0.5) is 8.78 Å². The number of halogens is 2. The molecule has 1 N–H and O–H groups in total. The van der Waals surface area contributed by atoms with Crippen LogP contribution in [0.3, 0.4) is 0 Å². The number of aliphatic hydroxyl groups excluding tert-OH is 1. The van der Waals surface area contributed by atoms with Gasteiger partial charge in [-0.3, -0.25) is 0 Å². The molecule has 1 nitrogen and oxygen atoms in total. The molecule has 3 heteroatoms. The van der Waals surface area contributed by atoms with E-state index in [1.54, 1.807) is 6.07 Å². The molecule has 0 heterocycles. The van der Waals surface area contributed by atoms with Gasteiger partial charge in [-0.2, -0.15) is 0 Å². The minimum atomic E-state index is -0.833. The van der Waals surface area contributed by atoms with Gasteiger partial charge in [-0.15, -0.1) is 0 Å². The third-order valence-corrected chi connectivity index (χ3v) is 2.91. The summed E-state index contributed by atoms with van der Waals surface area (Å²) in [5.41, 5.74) is 0.660. The highest BCUT2D eigenvalue weighted by molar-refractivity contribution is 5.18. The molecule has 1 rings (SSSR count). The second-order valence-corrected chi connectivity index (χ2v) is 5.20. The second kappa shape index (κ2) is 4.91. The van der Waals surface area contributed by atoms with E-state index in [9.17, 15) is 13.9 Å². The van der Waals surface area contributed by atoms with E-state index in [4.69, 9.17) is 0 Å². The van der Waals surface area contributed by atoms with E-state index in [0.29, 0.717) is 12.0 Å². The Morgan fingerprint density at radius 2 is 1.81 bits per heavy atom. The summed E-state index contributed by atoms with van der Waals surface area (Å²) in [6.45, 7) is 6.11. The molecule has 0 spiro atoms. The topological polar surface area (TPSA) is 20.2 Å². The third kappa shape index (κ3) is 3.27. The lowest BCUT2D eigenvalue weighted by Crippen LogP contribution is -2.26. The number of aliphatic hydroxyl groups is 1. The largest absolute Gasteiger partial charge is 0.396 e. The smallest absolute Gasteiger partial charge is 0.159 e. The van der Waals surface area contributed by atoms with Gasteiger partial charge in [-0.25, -0.2) is 8.78 Å². The Balaban J connectivity index is 2.83. The fourth-order valence-corrected chi connectivity index (χ4v) is 1.60. The van der Waals surface area contributed by atoms with Crippen molar-refractivity contribution < 1.29 is 13.9 Å². The molecule has 0 saturated carbocycles. The molecule has 0 aliphatic rings. The van der Waals surface area contributed by atoms with Crippen molar-refractivity contribution in [3.63, 3.8) is 0 Å². The van der Waals surface area contributed by atoms with Crippen LogP contribution in [0, 0.1) is 23.0 Å². The van der Waals surface area contributed by atoms with Gasteiger partial charge in [-0.05, 0) is 35.4 Å². The molecule has 1 aromatic rings. The third-order valence-electron chi connectivity index (χ3n) is 2.91. The molecule has 0 saturated heterocycles. The Morgan fingerprint density at radius 1 is 1.19 bits per heavy atom. The van der Waals surface area contributed by atoms with Gasteiger partial charge in [0.1, 0.15) is 0 Å². The van der Waals surface area contributed by atoms with Crippen LogP contribution in [0.5, 0.6) is 0 Å². The number of hydrogen-bond donors (Lipinski definition) is 1.